The van der Waals surface area contributed by atoms with Crippen molar-refractivity contribution in [3.05, 3.63) is 17.7 Å². The summed E-state index contributed by atoms with van der Waals surface area (Å²) in [5, 5.41) is 0. The van der Waals surface area contributed by atoms with Crippen LogP contribution in [0.15, 0.2) is 6.20 Å². The summed E-state index contributed by atoms with van der Waals surface area (Å²) >= 11 is 0. The maximum atomic E-state index is 12.7. The highest BCUT2D eigenvalue weighted by molar-refractivity contribution is 5.97. The Balaban J connectivity index is 2.20. The molecule has 7 heteroatoms. The van der Waals surface area contributed by atoms with Crippen molar-refractivity contribution in [2.24, 2.45) is 11.8 Å². The van der Waals surface area contributed by atoms with Crippen LogP contribution in [-0.4, -0.2) is 47.6 Å². The third-order valence-corrected chi connectivity index (χ3v) is 3.66. The van der Waals surface area contributed by atoms with E-state index in [1.807, 2.05) is 13.8 Å². The minimum absolute atomic E-state index is 0.106. The zero-order valence-corrected chi connectivity index (χ0v) is 12.8. The molecule has 1 fully saturated rings. The summed E-state index contributed by atoms with van der Waals surface area (Å²) in [7, 11) is 1.68. The van der Waals surface area contributed by atoms with Crippen LogP contribution in [-0.2, 0) is 4.74 Å². The predicted molar refractivity (Wildman–Crippen MR) is 79.8 cm³/mol. The molecule has 21 heavy (non-hydrogen) atoms. The fourth-order valence-corrected chi connectivity index (χ4v) is 2.48. The van der Waals surface area contributed by atoms with E-state index in [-0.39, 0.29) is 11.8 Å². The van der Waals surface area contributed by atoms with E-state index in [0.29, 0.717) is 36.3 Å². The normalized spacial score (nSPS) is 18.3. The van der Waals surface area contributed by atoms with Crippen LogP contribution in [0.4, 0.5) is 5.69 Å². The first-order chi connectivity index (χ1) is 10.1. The number of hydrazine groups is 1. The molecule has 0 radical (unpaired) electrons. The Morgan fingerprint density at radius 2 is 2.38 bits per heavy atom. The van der Waals surface area contributed by atoms with Gasteiger partial charge in [-0.05, 0) is 6.42 Å². The van der Waals surface area contributed by atoms with E-state index in [2.05, 4.69) is 15.4 Å². The van der Waals surface area contributed by atoms with Crippen molar-refractivity contribution < 1.29 is 9.53 Å². The predicted octanol–water partition coefficient (Wildman–Crippen LogP) is 0.994. The molecule has 0 bridgehead atoms. The van der Waals surface area contributed by atoms with Crippen molar-refractivity contribution in [2.45, 2.75) is 26.2 Å². The molecule has 116 valence electrons. The lowest BCUT2D eigenvalue weighted by Gasteiger charge is -2.18. The number of carbonyl (C=O) groups excluding carboxylic acids is 1. The van der Waals surface area contributed by atoms with Gasteiger partial charge in [0.2, 0.25) is 0 Å². The van der Waals surface area contributed by atoms with Gasteiger partial charge in [-0.2, -0.15) is 0 Å². The summed E-state index contributed by atoms with van der Waals surface area (Å²) in [5.74, 6) is 6.55. The summed E-state index contributed by atoms with van der Waals surface area (Å²) in [6, 6.07) is 0. The molecule has 0 aliphatic carbocycles. The number of amides is 1. The lowest BCUT2D eigenvalue weighted by molar-refractivity contribution is 0.0770. The van der Waals surface area contributed by atoms with Gasteiger partial charge in [-0.25, -0.2) is 9.97 Å². The van der Waals surface area contributed by atoms with Gasteiger partial charge in [0.05, 0.1) is 18.5 Å². The molecule has 1 amide bonds. The molecular weight excluding hydrogens is 270 g/mol. The van der Waals surface area contributed by atoms with E-state index >= 15 is 0 Å². The third-order valence-electron chi connectivity index (χ3n) is 3.66. The number of likely N-dealkylation sites (tertiary alicyclic amines) is 1. The van der Waals surface area contributed by atoms with Crippen molar-refractivity contribution in [3.8, 4) is 0 Å². The van der Waals surface area contributed by atoms with Crippen LogP contribution >= 0.6 is 0 Å². The van der Waals surface area contributed by atoms with Crippen LogP contribution in [0.25, 0.3) is 0 Å². The van der Waals surface area contributed by atoms with Gasteiger partial charge in [-0.15, -0.1) is 0 Å². The second-order valence-corrected chi connectivity index (χ2v) is 5.65. The minimum atomic E-state index is -0.106. The number of carbonyl (C=O) groups is 1. The molecule has 0 saturated carbocycles. The van der Waals surface area contributed by atoms with Crippen LogP contribution < -0.4 is 11.3 Å². The standard InChI is InChI=1S/C14H23N5O2/c1-9(2)13-16-6-11(18-15)12(17-13)14(20)19-5-4-10(7-19)8-21-3/h6,9-10,18H,4-5,7-8,15H2,1-3H3. The van der Waals surface area contributed by atoms with Gasteiger partial charge in [-0.1, -0.05) is 13.8 Å². The molecule has 2 rings (SSSR count). The van der Waals surface area contributed by atoms with Crippen LogP contribution in [0.3, 0.4) is 0 Å². The van der Waals surface area contributed by atoms with E-state index in [1.54, 1.807) is 18.2 Å². The number of anilines is 1. The Morgan fingerprint density at radius 1 is 1.62 bits per heavy atom. The molecule has 1 aromatic rings. The molecule has 1 aliphatic heterocycles. The van der Waals surface area contributed by atoms with E-state index in [9.17, 15) is 4.79 Å². The van der Waals surface area contributed by atoms with Crippen molar-refractivity contribution >= 4 is 11.6 Å². The first kappa shape index (κ1) is 15.7. The molecule has 2 heterocycles. The molecule has 1 aromatic heterocycles. The van der Waals surface area contributed by atoms with Crippen LogP contribution in [0, 0.1) is 5.92 Å². The quantitative estimate of drug-likeness (QED) is 0.621. The summed E-state index contributed by atoms with van der Waals surface area (Å²) < 4.78 is 5.16. The summed E-state index contributed by atoms with van der Waals surface area (Å²) in [6.07, 6.45) is 2.52. The molecule has 3 N–H and O–H groups in total. The Labute approximate surface area is 124 Å². The lowest BCUT2D eigenvalue weighted by atomic mass is 10.1. The fourth-order valence-electron chi connectivity index (χ4n) is 2.48. The second-order valence-electron chi connectivity index (χ2n) is 5.65. The molecule has 1 aliphatic rings. The van der Waals surface area contributed by atoms with Gasteiger partial charge < -0.3 is 15.1 Å². The molecule has 1 unspecified atom stereocenters. The maximum absolute atomic E-state index is 12.7. The number of ether oxygens (including phenoxy) is 1. The Bertz CT molecular complexity index is 506. The van der Waals surface area contributed by atoms with Gasteiger partial charge in [0.15, 0.2) is 5.69 Å². The third kappa shape index (κ3) is 3.48. The highest BCUT2D eigenvalue weighted by Crippen LogP contribution is 2.22. The number of nitrogen functional groups attached to an aromatic ring is 1. The number of aromatic nitrogens is 2. The van der Waals surface area contributed by atoms with E-state index in [1.165, 1.54) is 0 Å². The molecular formula is C14H23N5O2. The zero-order valence-electron chi connectivity index (χ0n) is 12.8. The van der Waals surface area contributed by atoms with E-state index in [0.717, 1.165) is 13.0 Å². The number of hydrogen-bond donors (Lipinski definition) is 2. The first-order valence-electron chi connectivity index (χ1n) is 7.18. The lowest BCUT2D eigenvalue weighted by Crippen LogP contribution is -2.31. The Hall–Kier alpha value is -1.73. The number of nitrogens with one attached hydrogen (secondary N) is 1. The monoisotopic (exact) mass is 293 g/mol. The minimum Gasteiger partial charge on any atom is -0.384 e. The van der Waals surface area contributed by atoms with Gasteiger partial charge >= 0.3 is 0 Å². The SMILES string of the molecule is COCC1CCN(C(=O)c2nc(C(C)C)ncc2NN)C1. The van der Waals surface area contributed by atoms with Crippen molar-refractivity contribution in [3.63, 3.8) is 0 Å². The van der Waals surface area contributed by atoms with Crippen molar-refractivity contribution in [1.29, 1.82) is 0 Å². The zero-order chi connectivity index (χ0) is 15.4. The smallest absolute Gasteiger partial charge is 0.274 e. The van der Waals surface area contributed by atoms with Crippen molar-refractivity contribution in [1.82, 2.24) is 14.9 Å². The van der Waals surface area contributed by atoms with Gasteiger partial charge in [0.1, 0.15) is 5.82 Å². The second kappa shape index (κ2) is 6.82. The number of hydrogen-bond acceptors (Lipinski definition) is 6. The molecule has 1 atom stereocenters. The summed E-state index contributed by atoms with van der Waals surface area (Å²) in [5.41, 5.74) is 3.31. The molecule has 0 aromatic carbocycles. The highest BCUT2D eigenvalue weighted by atomic mass is 16.5. The highest BCUT2D eigenvalue weighted by Gasteiger charge is 2.29. The van der Waals surface area contributed by atoms with Crippen LogP contribution in [0.2, 0.25) is 0 Å². The van der Waals surface area contributed by atoms with Gasteiger partial charge in [-0.3, -0.25) is 10.6 Å². The Kier molecular flexibility index (Phi) is 5.08. The fraction of sp³-hybridized carbons (Fsp3) is 0.643. The summed E-state index contributed by atoms with van der Waals surface area (Å²) in [4.78, 5) is 23.1. The topological polar surface area (TPSA) is 93.4 Å². The number of rotatable bonds is 5. The number of methoxy groups -OCH3 is 1. The largest absolute Gasteiger partial charge is 0.384 e. The first-order valence-corrected chi connectivity index (χ1v) is 7.18. The number of nitrogens with zero attached hydrogens (tertiary/aromatic N) is 3. The average molecular weight is 293 g/mol. The Morgan fingerprint density at radius 3 is 3.00 bits per heavy atom. The van der Waals surface area contributed by atoms with E-state index in [4.69, 9.17) is 10.6 Å². The average Bonchev–Trinajstić information content (AvgIpc) is 2.94. The van der Waals surface area contributed by atoms with Crippen LogP contribution in [0.1, 0.15) is 42.5 Å². The van der Waals surface area contributed by atoms with Crippen LogP contribution in [0.5, 0.6) is 0 Å². The maximum Gasteiger partial charge on any atom is 0.274 e. The van der Waals surface area contributed by atoms with Gasteiger partial charge in [0.25, 0.3) is 5.91 Å². The number of nitrogens with two attached hydrogens (primary N) is 1. The van der Waals surface area contributed by atoms with Crippen molar-refractivity contribution in [2.75, 3.05) is 32.2 Å². The molecule has 1 saturated heterocycles. The molecule has 0 spiro atoms. The summed E-state index contributed by atoms with van der Waals surface area (Å²) in [6.45, 7) is 6.07. The van der Waals surface area contributed by atoms with E-state index < -0.39 is 0 Å². The molecule has 7 nitrogen and oxygen atoms in total. The van der Waals surface area contributed by atoms with Gasteiger partial charge in [0, 0.05) is 32.0 Å².